The highest BCUT2D eigenvalue weighted by Gasteiger charge is 2.36. The summed E-state index contributed by atoms with van der Waals surface area (Å²) in [6.45, 7) is 11.9. The molecule has 4 rings (SSSR count). The average Bonchev–Trinajstić information content (AvgIpc) is 2.88. The zero-order valence-corrected chi connectivity index (χ0v) is 25.6. The van der Waals surface area contributed by atoms with Gasteiger partial charge in [0.2, 0.25) is 11.5 Å². The molecule has 2 atom stereocenters. The highest BCUT2D eigenvalue weighted by atomic mass is 16.6. The van der Waals surface area contributed by atoms with E-state index in [4.69, 9.17) is 18.9 Å². The molecule has 0 spiro atoms. The van der Waals surface area contributed by atoms with Gasteiger partial charge >= 0.3 is 5.97 Å². The summed E-state index contributed by atoms with van der Waals surface area (Å²) >= 11 is 0. The SMILES string of the molecule is COc1cc2c(c(O)c1Oc1c(OC(C)=O)c(OC)cc3c1C(CC(C)C)N(C)CC3)C(CC(C)C)N(C)CC2. The Morgan fingerprint density at radius 2 is 1.32 bits per heavy atom. The molecule has 0 radical (unpaired) electrons. The van der Waals surface area contributed by atoms with Gasteiger partial charge < -0.3 is 24.1 Å². The molecule has 2 aliphatic heterocycles. The smallest absolute Gasteiger partial charge is 0.308 e. The van der Waals surface area contributed by atoms with Crippen LogP contribution in [0.5, 0.6) is 34.5 Å². The summed E-state index contributed by atoms with van der Waals surface area (Å²) in [5, 5.41) is 11.9. The van der Waals surface area contributed by atoms with Crippen molar-refractivity contribution in [1.29, 1.82) is 0 Å². The number of methoxy groups -OCH3 is 2. The van der Waals surface area contributed by atoms with Crippen LogP contribution in [0.25, 0.3) is 0 Å². The number of carbonyl (C=O) groups is 1. The number of rotatable bonds is 9. The number of phenols is 1. The highest BCUT2D eigenvalue weighted by Crippen LogP contribution is 2.55. The van der Waals surface area contributed by atoms with E-state index in [9.17, 15) is 9.90 Å². The summed E-state index contributed by atoms with van der Waals surface area (Å²) in [5.74, 6) is 2.15. The lowest BCUT2D eigenvalue weighted by Gasteiger charge is -2.38. The summed E-state index contributed by atoms with van der Waals surface area (Å²) in [6, 6.07) is 4.02. The molecule has 0 fully saturated rings. The number of nitrogens with zero attached hydrogens (tertiary/aromatic N) is 2. The number of carbonyl (C=O) groups excluding carboxylic acids is 1. The first-order valence-electron chi connectivity index (χ1n) is 14.4. The van der Waals surface area contributed by atoms with Gasteiger partial charge in [0.25, 0.3) is 0 Å². The Hall–Kier alpha value is -2.97. The topological polar surface area (TPSA) is 80.7 Å². The molecule has 220 valence electrons. The van der Waals surface area contributed by atoms with Crippen molar-refractivity contribution in [2.45, 2.75) is 72.4 Å². The minimum absolute atomic E-state index is 0.0320. The number of aromatic hydroxyl groups is 1. The summed E-state index contributed by atoms with van der Waals surface area (Å²) in [6.07, 6.45) is 3.39. The van der Waals surface area contributed by atoms with Crippen LogP contribution >= 0.6 is 0 Å². The van der Waals surface area contributed by atoms with Crippen LogP contribution in [-0.4, -0.2) is 62.3 Å². The maximum Gasteiger partial charge on any atom is 0.308 e. The molecule has 40 heavy (non-hydrogen) atoms. The second kappa shape index (κ2) is 12.3. The molecule has 2 aliphatic rings. The fraction of sp³-hybridized carbons (Fsp3) is 0.594. The Balaban J connectivity index is 1.98. The molecule has 0 saturated carbocycles. The maximum absolute atomic E-state index is 12.3. The minimum atomic E-state index is -0.479. The standard InChI is InChI=1S/C32H46N2O6/c1-18(2)14-23-27-21(10-12-33(23)6)16-25(37-8)30(29(27)36)40-32-28-22(11-13-34(7)24(28)15-19(3)4)17-26(38-9)31(32)39-20(5)35/h16-19,23-24,36H,10-15H2,1-9H3. The number of hydrogen-bond donors (Lipinski definition) is 1. The minimum Gasteiger partial charge on any atom is -0.504 e. The fourth-order valence-electron chi connectivity index (χ4n) is 6.21. The van der Waals surface area contributed by atoms with Crippen molar-refractivity contribution in [3.63, 3.8) is 0 Å². The van der Waals surface area contributed by atoms with E-state index in [1.54, 1.807) is 14.2 Å². The molecule has 0 saturated heterocycles. The first-order valence-corrected chi connectivity index (χ1v) is 14.4. The summed E-state index contributed by atoms with van der Waals surface area (Å²) in [4.78, 5) is 16.9. The van der Waals surface area contributed by atoms with E-state index in [1.807, 2.05) is 12.1 Å². The van der Waals surface area contributed by atoms with E-state index in [0.29, 0.717) is 29.1 Å². The van der Waals surface area contributed by atoms with Crippen LogP contribution in [0.4, 0.5) is 0 Å². The number of likely N-dealkylation sites (N-methyl/N-ethyl adjacent to an activating group) is 2. The van der Waals surface area contributed by atoms with Crippen LogP contribution in [0.2, 0.25) is 0 Å². The summed E-state index contributed by atoms with van der Waals surface area (Å²) in [7, 11) is 7.35. The molecular formula is C32H46N2O6. The van der Waals surface area contributed by atoms with Crippen molar-refractivity contribution in [2.75, 3.05) is 41.4 Å². The predicted octanol–water partition coefficient (Wildman–Crippen LogP) is 6.28. The predicted molar refractivity (Wildman–Crippen MR) is 156 cm³/mol. The first kappa shape index (κ1) is 30.0. The third-order valence-corrected chi connectivity index (χ3v) is 8.15. The van der Waals surface area contributed by atoms with Gasteiger partial charge in [-0.05, 0) is 74.9 Å². The van der Waals surface area contributed by atoms with Crippen LogP contribution in [0, 0.1) is 11.8 Å². The zero-order valence-electron chi connectivity index (χ0n) is 25.6. The van der Waals surface area contributed by atoms with Crippen molar-refractivity contribution in [3.05, 3.63) is 34.4 Å². The van der Waals surface area contributed by atoms with E-state index in [1.165, 1.54) is 6.92 Å². The first-order chi connectivity index (χ1) is 19.0. The molecule has 1 N–H and O–H groups in total. The Kier molecular flexibility index (Phi) is 9.20. The van der Waals surface area contributed by atoms with Gasteiger partial charge in [0.1, 0.15) is 0 Å². The average molecular weight is 555 g/mol. The largest absolute Gasteiger partial charge is 0.504 e. The van der Waals surface area contributed by atoms with E-state index >= 15 is 0 Å². The van der Waals surface area contributed by atoms with Gasteiger partial charge in [-0.25, -0.2) is 0 Å². The lowest BCUT2D eigenvalue weighted by Crippen LogP contribution is -2.33. The molecule has 8 heteroatoms. The van der Waals surface area contributed by atoms with E-state index in [-0.39, 0.29) is 29.3 Å². The Labute approximate surface area is 239 Å². The Morgan fingerprint density at radius 3 is 1.80 bits per heavy atom. The molecule has 0 aromatic heterocycles. The lowest BCUT2D eigenvalue weighted by molar-refractivity contribution is -0.132. The molecule has 0 bridgehead atoms. The van der Waals surface area contributed by atoms with Crippen molar-refractivity contribution >= 4 is 5.97 Å². The summed E-state index contributed by atoms with van der Waals surface area (Å²) < 4.78 is 24.0. The van der Waals surface area contributed by atoms with Gasteiger partial charge in [-0.15, -0.1) is 0 Å². The van der Waals surface area contributed by atoms with Crippen LogP contribution in [0.15, 0.2) is 12.1 Å². The molecule has 2 unspecified atom stereocenters. The molecule has 2 heterocycles. The van der Waals surface area contributed by atoms with Gasteiger partial charge in [0, 0.05) is 43.2 Å². The molecule has 0 amide bonds. The van der Waals surface area contributed by atoms with Crippen molar-refractivity contribution in [1.82, 2.24) is 9.80 Å². The number of hydrogen-bond acceptors (Lipinski definition) is 8. The van der Waals surface area contributed by atoms with Gasteiger partial charge in [-0.3, -0.25) is 14.6 Å². The number of benzene rings is 2. The second-order valence-corrected chi connectivity index (χ2v) is 12.1. The normalized spacial score (nSPS) is 19.4. The molecule has 0 aliphatic carbocycles. The van der Waals surface area contributed by atoms with Crippen molar-refractivity contribution in [3.8, 4) is 34.5 Å². The van der Waals surface area contributed by atoms with Crippen LogP contribution < -0.4 is 18.9 Å². The number of ether oxygens (including phenoxy) is 4. The lowest BCUT2D eigenvalue weighted by atomic mass is 9.86. The van der Waals surface area contributed by atoms with Gasteiger partial charge in [-0.2, -0.15) is 0 Å². The molecule has 2 aromatic carbocycles. The molecular weight excluding hydrogens is 508 g/mol. The van der Waals surface area contributed by atoms with Crippen molar-refractivity contribution in [2.24, 2.45) is 11.8 Å². The van der Waals surface area contributed by atoms with E-state index < -0.39 is 5.97 Å². The van der Waals surface area contributed by atoms with Gasteiger partial charge in [0.05, 0.1) is 14.2 Å². The van der Waals surface area contributed by atoms with Crippen LogP contribution in [-0.2, 0) is 17.6 Å². The zero-order chi connectivity index (χ0) is 29.3. The number of esters is 1. The molecule has 8 nitrogen and oxygen atoms in total. The van der Waals surface area contributed by atoms with Crippen molar-refractivity contribution < 1.29 is 28.8 Å². The van der Waals surface area contributed by atoms with E-state index in [0.717, 1.165) is 61.0 Å². The van der Waals surface area contributed by atoms with Crippen LogP contribution in [0.1, 0.15) is 81.8 Å². The third kappa shape index (κ3) is 5.88. The second-order valence-electron chi connectivity index (χ2n) is 12.1. The number of phenolic OH excluding ortho intramolecular Hbond substituents is 1. The van der Waals surface area contributed by atoms with E-state index in [2.05, 4.69) is 51.6 Å². The highest BCUT2D eigenvalue weighted by molar-refractivity contribution is 5.74. The molecule has 2 aromatic rings. The Morgan fingerprint density at radius 1 is 0.850 bits per heavy atom. The van der Waals surface area contributed by atoms with Crippen LogP contribution in [0.3, 0.4) is 0 Å². The third-order valence-electron chi connectivity index (χ3n) is 8.15. The number of fused-ring (bicyclic) bond motifs is 2. The van der Waals surface area contributed by atoms with Gasteiger partial charge in [-0.1, -0.05) is 27.7 Å². The quantitative estimate of drug-likeness (QED) is 0.287. The fourth-order valence-corrected chi connectivity index (χ4v) is 6.21. The van der Waals surface area contributed by atoms with Gasteiger partial charge in [0.15, 0.2) is 23.0 Å². The maximum atomic E-state index is 12.3. The monoisotopic (exact) mass is 554 g/mol. The summed E-state index contributed by atoms with van der Waals surface area (Å²) in [5.41, 5.74) is 3.98. The Bertz CT molecular complexity index is 1240.